The molecule has 1 aromatic carbocycles. The van der Waals surface area contributed by atoms with Gasteiger partial charge in [0.15, 0.2) is 0 Å². The molecule has 1 aliphatic rings. The van der Waals surface area contributed by atoms with Crippen molar-refractivity contribution in [2.24, 2.45) is 0 Å². The van der Waals surface area contributed by atoms with Crippen LogP contribution in [0.4, 0.5) is 0 Å². The Morgan fingerprint density at radius 3 is 2.74 bits per heavy atom. The molecule has 0 unspecified atom stereocenters. The Morgan fingerprint density at radius 2 is 2.04 bits per heavy atom. The highest BCUT2D eigenvalue weighted by Gasteiger charge is 2.34. The van der Waals surface area contributed by atoms with Crippen molar-refractivity contribution in [2.75, 3.05) is 20.6 Å². The van der Waals surface area contributed by atoms with Crippen LogP contribution in [-0.2, 0) is 11.3 Å². The second-order valence-corrected chi connectivity index (χ2v) is 6.07. The number of carbonyl (C=O) groups excluding carboxylic acids is 2. The number of amides is 2. The van der Waals surface area contributed by atoms with Crippen LogP contribution in [0.2, 0.25) is 0 Å². The van der Waals surface area contributed by atoms with Crippen molar-refractivity contribution < 1.29 is 9.59 Å². The summed E-state index contributed by atoms with van der Waals surface area (Å²) >= 11 is 0. The first-order chi connectivity index (χ1) is 11.0. The highest BCUT2D eigenvalue weighted by molar-refractivity contribution is 5.95. The molecular formula is C17H20N4O2. The monoisotopic (exact) mass is 312 g/mol. The largest absolute Gasteiger partial charge is 0.347 e. The second-order valence-electron chi connectivity index (χ2n) is 6.07. The Morgan fingerprint density at radius 1 is 1.26 bits per heavy atom. The highest BCUT2D eigenvalue weighted by Crippen LogP contribution is 2.23. The molecule has 120 valence electrons. The molecule has 0 spiro atoms. The van der Waals surface area contributed by atoms with Gasteiger partial charge in [0.25, 0.3) is 5.91 Å². The molecular weight excluding hydrogens is 292 g/mol. The Bertz CT molecular complexity index is 751. The van der Waals surface area contributed by atoms with Crippen LogP contribution in [0.1, 0.15) is 27.7 Å². The van der Waals surface area contributed by atoms with Crippen molar-refractivity contribution in [3.05, 3.63) is 53.3 Å². The normalized spacial score (nSPS) is 16.8. The van der Waals surface area contributed by atoms with Crippen molar-refractivity contribution in [3.63, 3.8) is 0 Å². The van der Waals surface area contributed by atoms with Crippen molar-refractivity contribution in [1.29, 1.82) is 0 Å². The fourth-order valence-electron chi connectivity index (χ4n) is 2.89. The van der Waals surface area contributed by atoms with E-state index in [-0.39, 0.29) is 11.8 Å². The molecule has 6 nitrogen and oxygen atoms in total. The Hall–Kier alpha value is -2.63. The van der Waals surface area contributed by atoms with Crippen LogP contribution < -0.4 is 0 Å². The number of aromatic nitrogens is 2. The summed E-state index contributed by atoms with van der Waals surface area (Å²) in [6.07, 6.45) is 1.67. The summed E-state index contributed by atoms with van der Waals surface area (Å²) in [4.78, 5) is 28.5. The molecule has 23 heavy (non-hydrogen) atoms. The van der Waals surface area contributed by atoms with Crippen molar-refractivity contribution in [3.8, 4) is 0 Å². The van der Waals surface area contributed by atoms with E-state index in [2.05, 4.69) is 5.10 Å². The predicted octanol–water partition coefficient (Wildman–Crippen LogP) is 1.48. The molecule has 0 aliphatic carbocycles. The summed E-state index contributed by atoms with van der Waals surface area (Å²) in [6.45, 7) is 2.75. The summed E-state index contributed by atoms with van der Waals surface area (Å²) in [5.74, 6) is -0.116. The van der Waals surface area contributed by atoms with Gasteiger partial charge in [0, 0.05) is 25.9 Å². The third-order valence-corrected chi connectivity index (χ3v) is 4.07. The van der Waals surface area contributed by atoms with E-state index in [4.69, 9.17) is 0 Å². The van der Waals surface area contributed by atoms with E-state index in [0.29, 0.717) is 18.7 Å². The summed E-state index contributed by atoms with van der Waals surface area (Å²) in [6, 6.07) is 8.89. The average molecular weight is 312 g/mol. The van der Waals surface area contributed by atoms with Crippen molar-refractivity contribution in [1.82, 2.24) is 19.6 Å². The zero-order valence-corrected chi connectivity index (χ0v) is 13.6. The predicted molar refractivity (Wildman–Crippen MR) is 85.9 cm³/mol. The third kappa shape index (κ3) is 2.84. The fourth-order valence-corrected chi connectivity index (χ4v) is 2.89. The first kappa shape index (κ1) is 15.3. The van der Waals surface area contributed by atoms with Crippen LogP contribution in [-0.4, -0.2) is 52.0 Å². The standard InChI is InChI=1S/C17H20N4O2/c1-12-5-4-6-13(9-12)16(22)20-10-14-7-8-18-21(14)15(11-20)17(23)19(2)3/h4-9,15H,10-11H2,1-3H3/t15-/m0/s1. The number of benzene rings is 1. The molecule has 0 N–H and O–H groups in total. The lowest BCUT2D eigenvalue weighted by Crippen LogP contribution is -2.46. The molecule has 6 heteroatoms. The molecule has 1 aliphatic heterocycles. The van der Waals surface area contributed by atoms with Gasteiger partial charge in [0.05, 0.1) is 18.8 Å². The van der Waals surface area contributed by atoms with Crippen LogP contribution in [0.25, 0.3) is 0 Å². The van der Waals surface area contributed by atoms with Gasteiger partial charge in [-0.2, -0.15) is 5.10 Å². The number of nitrogens with zero attached hydrogens (tertiary/aromatic N) is 4. The molecule has 2 heterocycles. The first-order valence-electron chi connectivity index (χ1n) is 7.57. The zero-order chi connectivity index (χ0) is 16.6. The van der Waals surface area contributed by atoms with E-state index in [0.717, 1.165) is 11.3 Å². The molecule has 0 saturated heterocycles. The SMILES string of the molecule is Cc1cccc(C(=O)N2Cc3ccnn3[C@H](C(=O)N(C)C)C2)c1. The summed E-state index contributed by atoms with van der Waals surface area (Å²) < 4.78 is 1.72. The minimum atomic E-state index is -0.475. The van der Waals surface area contributed by atoms with Gasteiger partial charge < -0.3 is 9.80 Å². The third-order valence-electron chi connectivity index (χ3n) is 4.07. The van der Waals surface area contributed by atoms with Gasteiger partial charge in [-0.3, -0.25) is 14.3 Å². The molecule has 0 fully saturated rings. The lowest BCUT2D eigenvalue weighted by Gasteiger charge is -2.34. The van der Waals surface area contributed by atoms with E-state index in [9.17, 15) is 9.59 Å². The van der Waals surface area contributed by atoms with E-state index in [1.54, 1.807) is 29.9 Å². The first-order valence-corrected chi connectivity index (χ1v) is 7.57. The molecule has 0 saturated carbocycles. The van der Waals surface area contributed by atoms with Crippen LogP contribution in [0.5, 0.6) is 0 Å². The van der Waals surface area contributed by atoms with E-state index < -0.39 is 6.04 Å². The smallest absolute Gasteiger partial charge is 0.254 e. The van der Waals surface area contributed by atoms with Gasteiger partial charge in [-0.25, -0.2) is 0 Å². The van der Waals surface area contributed by atoms with E-state index >= 15 is 0 Å². The maximum absolute atomic E-state index is 12.8. The molecule has 2 aromatic rings. The van der Waals surface area contributed by atoms with Gasteiger partial charge in [0.1, 0.15) is 6.04 Å². The number of aryl methyl sites for hydroxylation is 1. The molecule has 0 bridgehead atoms. The zero-order valence-electron chi connectivity index (χ0n) is 13.6. The molecule has 0 radical (unpaired) electrons. The van der Waals surface area contributed by atoms with Crippen molar-refractivity contribution >= 4 is 11.8 Å². The molecule has 3 rings (SSSR count). The maximum atomic E-state index is 12.8. The summed E-state index contributed by atoms with van der Waals surface area (Å²) in [5, 5.41) is 4.25. The van der Waals surface area contributed by atoms with Gasteiger partial charge in [-0.15, -0.1) is 0 Å². The van der Waals surface area contributed by atoms with Crippen LogP contribution in [0.15, 0.2) is 36.5 Å². The minimum absolute atomic E-state index is 0.0577. The Labute approximate surface area is 135 Å². The van der Waals surface area contributed by atoms with Gasteiger partial charge >= 0.3 is 0 Å². The minimum Gasteiger partial charge on any atom is -0.347 e. The number of rotatable bonds is 2. The van der Waals surface area contributed by atoms with Crippen LogP contribution in [0.3, 0.4) is 0 Å². The van der Waals surface area contributed by atoms with E-state index in [1.165, 1.54) is 4.90 Å². The number of likely N-dealkylation sites (N-methyl/N-ethyl adjacent to an activating group) is 1. The van der Waals surface area contributed by atoms with Gasteiger partial charge in [-0.1, -0.05) is 17.7 Å². The summed E-state index contributed by atoms with van der Waals surface area (Å²) in [5.41, 5.74) is 2.56. The van der Waals surface area contributed by atoms with Crippen LogP contribution in [0, 0.1) is 6.92 Å². The van der Waals surface area contributed by atoms with Gasteiger partial charge in [0.2, 0.25) is 5.91 Å². The number of carbonyl (C=O) groups is 2. The number of hydrogen-bond donors (Lipinski definition) is 0. The Balaban J connectivity index is 1.91. The van der Waals surface area contributed by atoms with Crippen molar-refractivity contribution in [2.45, 2.75) is 19.5 Å². The summed E-state index contributed by atoms with van der Waals surface area (Å²) in [7, 11) is 3.43. The van der Waals surface area contributed by atoms with Crippen LogP contribution >= 0.6 is 0 Å². The highest BCUT2D eigenvalue weighted by atomic mass is 16.2. The average Bonchev–Trinajstić information content (AvgIpc) is 3.00. The number of hydrogen-bond acceptors (Lipinski definition) is 3. The Kier molecular flexibility index (Phi) is 3.90. The topological polar surface area (TPSA) is 58.4 Å². The fraction of sp³-hybridized carbons (Fsp3) is 0.353. The van der Waals surface area contributed by atoms with Gasteiger partial charge in [-0.05, 0) is 25.1 Å². The molecule has 1 aromatic heterocycles. The maximum Gasteiger partial charge on any atom is 0.254 e. The quantitative estimate of drug-likeness (QED) is 0.844. The second kappa shape index (κ2) is 5.87. The number of fused-ring (bicyclic) bond motifs is 1. The lowest BCUT2D eigenvalue weighted by molar-refractivity contribution is -0.133. The molecule has 2 amide bonds. The van der Waals surface area contributed by atoms with E-state index in [1.807, 2.05) is 37.3 Å². The molecule has 1 atom stereocenters. The lowest BCUT2D eigenvalue weighted by atomic mass is 10.1.